The minimum Gasteiger partial charge on any atom is -0.464 e. The van der Waals surface area contributed by atoms with E-state index in [2.05, 4.69) is 9.72 Å². The second-order valence-electron chi connectivity index (χ2n) is 4.32. The van der Waals surface area contributed by atoms with Gasteiger partial charge in [0.15, 0.2) is 0 Å². The predicted octanol–water partition coefficient (Wildman–Crippen LogP) is 3.05. The second-order valence-corrected chi connectivity index (χ2v) is 5.34. The van der Waals surface area contributed by atoms with Crippen molar-refractivity contribution >= 4 is 23.4 Å². The van der Waals surface area contributed by atoms with Crippen LogP contribution in [0.15, 0.2) is 41.3 Å². The van der Waals surface area contributed by atoms with E-state index in [1.54, 1.807) is 17.8 Å². The molecule has 0 aliphatic heterocycles. The summed E-state index contributed by atoms with van der Waals surface area (Å²) in [5, 5.41) is 0. The minimum atomic E-state index is -0.416. The smallest absolute Gasteiger partial charge is 0.356 e. The summed E-state index contributed by atoms with van der Waals surface area (Å²) in [6.07, 6.45) is 0. The molecule has 0 aliphatic rings. The zero-order valence-electron chi connectivity index (χ0n) is 11.4. The summed E-state index contributed by atoms with van der Waals surface area (Å²) in [6.45, 7) is 2.02. The van der Waals surface area contributed by atoms with Crippen LogP contribution in [0.4, 0.5) is 5.69 Å². The Morgan fingerprint density at radius 3 is 2.85 bits per heavy atom. The minimum absolute atomic E-state index is 0.333. The van der Waals surface area contributed by atoms with E-state index >= 15 is 0 Å². The second kappa shape index (κ2) is 6.43. The molecule has 5 heteroatoms. The highest BCUT2D eigenvalue weighted by Crippen LogP contribution is 2.26. The number of carbonyl (C=O) groups is 1. The van der Waals surface area contributed by atoms with Crippen LogP contribution in [0, 0.1) is 6.92 Å². The first-order valence-electron chi connectivity index (χ1n) is 6.13. The Morgan fingerprint density at radius 2 is 2.15 bits per heavy atom. The molecule has 0 unspecified atom stereocenters. The highest BCUT2D eigenvalue weighted by Gasteiger charge is 2.08. The number of pyridine rings is 1. The van der Waals surface area contributed by atoms with Gasteiger partial charge in [-0.3, -0.25) is 0 Å². The number of nitrogen functional groups attached to an aromatic ring is 1. The van der Waals surface area contributed by atoms with E-state index in [1.165, 1.54) is 7.11 Å². The molecule has 1 aromatic carbocycles. The summed E-state index contributed by atoms with van der Waals surface area (Å²) in [5.41, 5.74) is 8.80. The van der Waals surface area contributed by atoms with Crippen LogP contribution in [0.25, 0.3) is 0 Å². The first-order valence-corrected chi connectivity index (χ1v) is 7.12. The number of aromatic nitrogens is 1. The van der Waals surface area contributed by atoms with Gasteiger partial charge >= 0.3 is 5.97 Å². The Balaban J connectivity index is 2.09. The summed E-state index contributed by atoms with van der Waals surface area (Å²) in [5.74, 6) is 0.274. The van der Waals surface area contributed by atoms with E-state index in [4.69, 9.17) is 5.73 Å². The Kier molecular flexibility index (Phi) is 4.63. The van der Waals surface area contributed by atoms with Crippen LogP contribution in [0.3, 0.4) is 0 Å². The largest absolute Gasteiger partial charge is 0.464 e. The third-order valence-electron chi connectivity index (χ3n) is 2.78. The van der Waals surface area contributed by atoms with Crippen LogP contribution in [0.5, 0.6) is 0 Å². The van der Waals surface area contributed by atoms with E-state index in [0.29, 0.717) is 11.4 Å². The van der Waals surface area contributed by atoms with Gasteiger partial charge in [-0.15, -0.1) is 11.8 Å². The van der Waals surface area contributed by atoms with Crippen molar-refractivity contribution < 1.29 is 9.53 Å². The first kappa shape index (κ1) is 14.4. The fourth-order valence-electron chi connectivity index (χ4n) is 1.76. The number of benzene rings is 1. The van der Waals surface area contributed by atoms with Crippen molar-refractivity contribution in [1.82, 2.24) is 4.98 Å². The zero-order chi connectivity index (χ0) is 14.5. The van der Waals surface area contributed by atoms with Crippen molar-refractivity contribution in [2.45, 2.75) is 17.6 Å². The summed E-state index contributed by atoms with van der Waals surface area (Å²) >= 11 is 1.67. The van der Waals surface area contributed by atoms with Crippen molar-refractivity contribution in [3.05, 3.63) is 53.3 Å². The summed E-state index contributed by atoms with van der Waals surface area (Å²) in [7, 11) is 1.35. The standard InChI is InChI=1S/C15H16N2O2S/c1-10-8-11(16)6-7-14(10)20-9-12-4-3-5-13(17-12)15(18)19-2/h3-8H,9,16H2,1-2H3. The monoisotopic (exact) mass is 288 g/mol. The van der Waals surface area contributed by atoms with E-state index in [0.717, 1.165) is 21.8 Å². The summed E-state index contributed by atoms with van der Waals surface area (Å²) in [4.78, 5) is 16.9. The van der Waals surface area contributed by atoms with Crippen LogP contribution >= 0.6 is 11.8 Å². The average Bonchev–Trinajstić information content (AvgIpc) is 2.46. The lowest BCUT2D eigenvalue weighted by Crippen LogP contribution is -2.05. The Morgan fingerprint density at radius 1 is 1.35 bits per heavy atom. The lowest BCUT2D eigenvalue weighted by atomic mass is 10.2. The average molecular weight is 288 g/mol. The molecule has 0 spiro atoms. The van der Waals surface area contributed by atoms with E-state index < -0.39 is 5.97 Å². The number of aryl methyl sites for hydroxylation is 1. The molecule has 4 nitrogen and oxygen atoms in total. The maximum atomic E-state index is 11.4. The van der Waals surface area contributed by atoms with E-state index in [9.17, 15) is 4.79 Å². The summed E-state index contributed by atoms with van der Waals surface area (Å²) < 4.78 is 4.66. The normalized spacial score (nSPS) is 10.3. The third kappa shape index (κ3) is 3.51. The number of nitrogens with zero attached hydrogens (tertiary/aromatic N) is 1. The molecule has 20 heavy (non-hydrogen) atoms. The van der Waals surface area contributed by atoms with Crippen molar-refractivity contribution in [1.29, 1.82) is 0 Å². The molecule has 0 atom stereocenters. The summed E-state index contributed by atoms with van der Waals surface area (Å²) in [6, 6.07) is 11.2. The van der Waals surface area contributed by atoms with Crippen molar-refractivity contribution in [3.8, 4) is 0 Å². The number of hydrogen-bond donors (Lipinski definition) is 1. The van der Waals surface area contributed by atoms with Gasteiger partial charge in [-0.2, -0.15) is 0 Å². The molecule has 0 saturated heterocycles. The molecule has 0 saturated carbocycles. The molecule has 104 valence electrons. The predicted molar refractivity (Wildman–Crippen MR) is 80.7 cm³/mol. The number of nitrogens with two attached hydrogens (primary N) is 1. The van der Waals surface area contributed by atoms with Crippen LogP contribution < -0.4 is 5.73 Å². The molecule has 2 N–H and O–H groups in total. The third-order valence-corrected chi connectivity index (χ3v) is 3.99. The number of rotatable bonds is 4. The van der Waals surface area contributed by atoms with Crippen LogP contribution in [-0.2, 0) is 10.5 Å². The van der Waals surface area contributed by atoms with Gasteiger partial charge in [0.1, 0.15) is 5.69 Å². The van der Waals surface area contributed by atoms with Gasteiger partial charge < -0.3 is 10.5 Å². The van der Waals surface area contributed by atoms with Gasteiger partial charge in [0.05, 0.1) is 12.8 Å². The van der Waals surface area contributed by atoms with Crippen molar-refractivity contribution in [3.63, 3.8) is 0 Å². The van der Waals surface area contributed by atoms with Gasteiger partial charge in [0, 0.05) is 16.3 Å². The number of anilines is 1. The number of carbonyl (C=O) groups excluding carboxylic acids is 1. The molecule has 1 heterocycles. The molecular formula is C15H16N2O2S. The SMILES string of the molecule is COC(=O)c1cccc(CSc2ccc(N)cc2C)n1. The van der Waals surface area contributed by atoms with Crippen LogP contribution in [-0.4, -0.2) is 18.1 Å². The molecule has 2 rings (SSSR count). The number of thioether (sulfide) groups is 1. The fraction of sp³-hybridized carbons (Fsp3) is 0.200. The lowest BCUT2D eigenvalue weighted by Gasteiger charge is -2.07. The first-order chi connectivity index (χ1) is 9.60. The fourth-order valence-corrected chi connectivity index (χ4v) is 2.68. The number of ether oxygens (including phenoxy) is 1. The quantitative estimate of drug-likeness (QED) is 0.532. The molecular weight excluding hydrogens is 272 g/mol. The van der Waals surface area contributed by atoms with Crippen LogP contribution in [0.1, 0.15) is 21.7 Å². The van der Waals surface area contributed by atoms with Gasteiger partial charge in [-0.25, -0.2) is 9.78 Å². The van der Waals surface area contributed by atoms with E-state index in [1.807, 2.05) is 37.3 Å². The maximum absolute atomic E-state index is 11.4. The van der Waals surface area contributed by atoms with Crippen molar-refractivity contribution in [2.75, 3.05) is 12.8 Å². The van der Waals surface area contributed by atoms with Crippen molar-refractivity contribution in [2.24, 2.45) is 0 Å². The molecule has 0 bridgehead atoms. The lowest BCUT2D eigenvalue weighted by molar-refractivity contribution is 0.0594. The maximum Gasteiger partial charge on any atom is 0.356 e. The highest BCUT2D eigenvalue weighted by molar-refractivity contribution is 7.98. The number of esters is 1. The van der Waals surface area contributed by atoms with E-state index in [-0.39, 0.29) is 0 Å². The molecule has 1 aromatic heterocycles. The zero-order valence-corrected chi connectivity index (χ0v) is 12.2. The Bertz CT molecular complexity index is 629. The highest BCUT2D eigenvalue weighted by atomic mass is 32.2. The van der Waals surface area contributed by atoms with Gasteiger partial charge in [-0.05, 0) is 42.8 Å². The molecule has 0 amide bonds. The number of hydrogen-bond acceptors (Lipinski definition) is 5. The Hall–Kier alpha value is -2.01. The van der Waals surface area contributed by atoms with Gasteiger partial charge in [-0.1, -0.05) is 6.07 Å². The molecule has 0 fully saturated rings. The molecule has 0 radical (unpaired) electrons. The molecule has 0 aliphatic carbocycles. The topological polar surface area (TPSA) is 65.2 Å². The van der Waals surface area contributed by atoms with Gasteiger partial charge in [0.25, 0.3) is 0 Å². The number of methoxy groups -OCH3 is 1. The Labute approximate surface area is 122 Å². The molecule has 2 aromatic rings. The van der Waals surface area contributed by atoms with Crippen LogP contribution in [0.2, 0.25) is 0 Å². The van der Waals surface area contributed by atoms with Gasteiger partial charge in [0.2, 0.25) is 0 Å².